The molecule has 1 aliphatic heterocycles. The first-order valence-electron chi connectivity index (χ1n) is 6.72. The quantitative estimate of drug-likeness (QED) is 0.585. The zero-order valence-corrected chi connectivity index (χ0v) is 11.6. The fourth-order valence-corrected chi connectivity index (χ4v) is 2.50. The maximum Gasteiger partial charge on any atom is 0.337 e. The van der Waals surface area contributed by atoms with Crippen LogP contribution in [0.1, 0.15) is 17.3 Å². The highest BCUT2D eigenvalue weighted by Crippen LogP contribution is 2.24. The monoisotopic (exact) mass is 264 g/mol. The van der Waals surface area contributed by atoms with E-state index in [4.69, 9.17) is 10.5 Å². The van der Waals surface area contributed by atoms with Crippen molar-refractivity contribution in [3.05, 3.63) is 23.8 Å². The first-order valence-corrected chi connectivity index (χ1v) is 6.72. The van der Waals surface area contributed by atoms with E-state index in [1.54, 1.807) is 17.0 Å². The van der Waals surface area contributed by atoms with Gasteiger partial charge in [0.1, 0.15) is 0 Å². The lowest BCUT2D eigenvalue weighted by Gasteiger charge is -2.33. The number of rotatable bonds is 3. The molecule has 1 heterocycles. The molecule has 3 N–H and O–H groups in total. The number of likely N-dealkylation sites (N-methyl/N-ethyl adjacent to an activating group) is 1. The molecule has 0 amide bonds. The minimum Gasteiger partial charge on any atom is -0.465 e. The number of methoxy groups -OCH3 is 1. The van der Waals surface area contributed by atoms with E-state index in [0.29, 0.717) is 11.3 Å². The molecule has 5 nitrogen and oxygen atoms in total. The van der Waals surface area contributed by atoms with E-state index in [0.717, 1.165) is 31.9 Å². The van der Waals surface area contributed by atoms with Crippen LogP contribution in [0.15, 0.2) is 18.2 Å². The van der Waals surface area contributed by atoms with E-state index in [1.165, 1.54) is 13.7 Å². The molecule has 0 aromatic heterocycles. The number of piperazine rings is 1. The normalized spacial score (nSPS) is 16.4. The Morgan fingerprint density at radius 2 is 2.11 bits per heavy atom. The van der Waals surface area contributed by atoms with Gasteiger partial charge in [0, 0.05) is 0 Å². The summed E-state index contributed by atoms with van der Waals surface area (Å²) in [6, 6.07) is 5.38. The first-order chi connectivity index (χ1) is 9.15. The van der Waals surface area contributed by atoms with Crippen LogP contribution >= 0.6 is 0 Å². The molecule has 1 aromatic rings. The Hall–Kier alpha value is -1.75. The van der Waals surface area contributed by atoms with Crippen molar-refractivity contribution < 1.29 is 14.4 Å². The van der Waals surface area contributed by atoms with Crippen molar-refractivity contribution in [1.82, 2.24) is 0 Å². The lowest BCUT2D eigenvalue weighted by atomic mass is 10.1. The number of nitrogens with one attached hydrogen (secondary N) is 1. The molecule has 5 heteroatoms. The van der Waals surface area contributed by atoms with Gasteiger partial charge in [0.15, 0.2) is 0 Å². The number of ether oxygens (including phenoxy) is 1. The highest BCUT2D eigenvalue weighted by molar-refractivity contribution is 5.91. The smallest absolute Gasteiger partial charge is 0.337 e. The van der Waals surface area contributed by atoms with Crippen LogP contribution in [0.2, 0.25) is 0 Å². The molecule has 1 fully saturated rings. The fourth-order valence-electron chi connectivity index (χ4n) is 2.50. The number of nitrogens with zero attached hydrogens (tertiary/aromatic N) is 1. The van der Waals surface area contributed by atoms with Gasteiger partial charge in [-0.25, -0.2) is 4.79 Å². The summed E-state index contributed by atoms with van der Waals surface area (Å²) >= 11 is 0. The molecule has 1 aliphatic rings. The zero-order valence-electron chi connectivity index (χ0n) is 11.6. The molecule has 2 rings (SSSR count). The Morgan fingerprint density at radius 3 is 2.63 bits per heavy atom. The topological polar surface area (TPSA) is 60.0 Å². The number of hydrogen-bond donors (Lipinski definition) is 2. The number of nitrogens with two attached hydrogens (primary N) is 1. The molecule has 1 aromatic carbocycles. The van der Waals surface area contributed by atoms with E-state index >= 15 is 0 Å². The molecule has 0 aliphatic carbocycles. The summed E-state index contributed by atoms with van der Waals surface area (Å²) in [4.78, 5) is 15.4. The maximum atomic E-state index is 11.4. The van der Waals surface area contributed by atoms with Gasteiger partial charge in [-0.15, -0.1) is 0 Å². The fraction of sp³-hybridized carbons (Fsp3) is 0.500. The Morgan fingerprint density at radius 1 is 1.42 bits per heavy atom. The first kappa shape index (κ1) is 13.7. The molecule has 0 atom stereocenters. The summed E-state index contributed by atoms with van der Waals surface area (Å²) in [5.41, 5.74) is 8.22. The van der Waals surface area contributed by atoms with Crippen molar-refractivity contribution in [3.8, 4) is 0 Å². The highest BCUT2D eigenvalue weighted by Gasteiger charge is 2.20. The van der Waals surface area contributed by atoms with Crippen LogP contribution in [-0.4, -0.2) is 45.8 Å². The third-order valence-corrected chi connectivity index (χ3v) is 3.76. The number of carbonyl (C=O) groups is 1. The summed E-state index contributed by atoms with van der Waals surface area (Å²) in [6.45, 7) is 7.66. The third-order valence-electron chi connectivity index (χ3n) is 3.76. The predicted molar refractivity (Wildman–Crippen MR) is 75.6 cm³/mol. The van der Waals surface area contributed by atoms with E-state index in [2.05, 4.69) is 11.8 Å². The molecule has 0 unspecified atom stereocenters. The SMILES string of the molecule is CC[NH+]1CCN(c2ccc(C(=O)OC)cc2N)CC1. The molecule has 104 valence electrons. The van der Waals surface area contributed by atoms with Crippen LogP contribution in [-0.2, 0) is 4.74 Å². The van der Waals surface area contributed by atoms with Crippen LogP contribution in [0.4, 0.5) is 11.4 Å². The highest BCUT2D eigenvalue weighted by atomic mass is 16.5. The van der Waals surface area contributed by atoms with Crippen molar-refractivity contribution in [2.75, 3.05) is 50.5 Å². The number of carbonyl (C=O) groups excluding carboxylic acids is 1. The summed E-state index contributed by atoms with van der Waals surface area (Å²) in [5, 5.41) is 0. The van der Waals surface area contributed by atoms with E-state index in [1.807, 2.05) is 6.07 Å². The van der Waals surface area contributed by atoms with Crippen LogP contribution in [0.25, 0.3) is 0 Å². The Labute approximate surface area is 113 Å². The third kappa shape index (κ3) is 2.98. The van der Waals surface area contributed by atoms with Crippen molar-refractivity contribution in [1.29, 1.82) is 0 Å². The maximum absolute atomic E-state index is 11.4. The van der Waals surface area contributed by atoms with Crippen LogP contribution in [0.5, 0.6) is 0 Å². The second-order valence-electron chi connectivity index (χ2n) is 4.86. The lowest BCUT2D eigenvalue weighted by molar-refractivity contribution is -0.898. The van der Waals surface area contributed by atoms with Gasteiger partial charge in [-0.2, -0.15) is 0 Å². The second kappa shape index (κ2) is 5.93. The summed E-state index contributed by atoms with van der Waals surface area (Å²) in [5.74, 6) is -0.349. The Balaban J connectivity index is 2.11. The molecular weight excluding hydrogens is 242 g/mol. The van der Waals surface area contributed by atoms with Gasteiger partial charge in [0.05, 0.1) is 56.8 Å². The largest absolute Gasteiger partial charge is 0.465 e. The average molecular weight is 264 g/mol. The van der Waals surface area contributed by atoms with Gasteiger partial charge in [-0.05, 0) is 25.1 Å². The van der Waals surface area contributed by atoms with Crippen LogP contribution in [0.3, 0.4) is 0 Å². The molecule has 1 saturated heterocycles. The van der Waals surface area contributed by atoms with Gasteiger partial charge < -0.3 is 20.3 Å². The van der Waals surface area contributed by atoms with Crippen molar-refractivity contribution in [2.45, 2.75) is 6.92 Å². The number of benzene rings is 1. The van der Waals surface area contributed by atoms with Gasteiger partial charge in [0.2, 0.25) is 0 Å². The lowest BCUT2D eigenvalue weighted by Crippen LogP contribution is -3.14. The summed E-state index contributed by atoms with van der Waals surface area (Å²) < 4.78 is 4.69. The molecule has 0 bridgehead atoms. The molecule has 0 radical (unpaired) electrons. The second-order valence-corrected chi connectivity index (χ2v) is 4.86. The summed E-state index contributed by atoms with van der Waals surface area (Å²) in [7, 11) is 1.37. The average Bonchev–Trinajstić information content (AvgIpc) is 2.46. The van der Waals surface area contributed by atoms with E-state index in [-0.39, 0.29) is 5.97 Å². The van der Waals surface area contributed by atoms with E-state index < -0.39 is 0 Å². The standard InChI is InChI=1S/C14H21N3O2/c1-3-16-6-8-17(9-7-16)13-5-4-11(10-12(13)15)14(18)19-2/h4-5,10H,3,6-9,15H2,1-2H3/p+1. The van der Waals surface area contributed by atoms with Crippen LogP contribution < -0.4 is 15.5 Å². The minimum absolute atomic E-state index is 0.349. The number of hydrogen-bond acceptors (Lipinski definition) is 4. The number of anilines is 2. The molecular formula is C14H22N3O2+. The Bertz CT molecular complexity index is 454. The Kier molecular flexibility index (Phi) is 4.27. The summed E-state index contributed by atoms with van der Waals surface area (Å²) in [6.07, 6.45) is 0. The number of esters is 1. The van der Waals surface area contributed by atoms with Gasteiger partial charge in [0.25, 0.3) is 0 Å². The number of nitrogen functional groups attached to an aromatic ring is 1. The van der Waals surface area contributed by atoms with Crippen molar-refractivity contribution in [3.63, 3.8) is 0 Å². The van der Waals surface area contributed by atoms with Crippen LogP contribution in [0, 0.1) is 0 Å². The van der Waals surface area contributed by atoms with Gasteiger partial charge in [-0.1, -0.05) is 0 Å². The van der Waals surface area contributed by atoms with E-state index in [9.17, 15) is 4.79 Å². The minimum atomic E-state index is -0.349. The number of quaternary nitrogens is 1. The molecule has 0 saturated carbocycles. The molecule has 19 heavy (non-hydrogen) atoms. The van der Waals surface area contributed by atoms with Crippen molar-refractivity contribution >= 4 is 17.3 Å². The molecule has 0 spiro atoms. The van der Waals surface area contributed by atoms with Gasteiger partial charge in [-0.3, -0.25) is 0 Å². The predicted octanol–water partition coefficient (Wildman–Crippen LogP) is -0.220. The van der Waals surface area contributed by atoms with Gasteiger partial charge >= 0.3 is 5.97 Å². The zero-order chi connectivity index (χ0) is 13.8. The van der Waals surface area contributed by atoms with Crippen molar-refractivity contribution in [2.24, 2.45) is 0 Å².